The largest absolute Gasteiger partial charge is 0.472 e. The molecule has 3 rings (SSSR count). The molecule has 0 bridgehead atoms. The summed E-state index contributed by atoms with van der Waals surface area (Å²) >= 11 is 0. The van der Waals surface area contributed by atoms with Crippen LogP contribution < -0.4 is 10.6 Å². The van der Waals surface area contributed by atoms with E-state index >= 15 is 0 Å². The molecule has 0 aliphatic carbocycles. The lowest BCUT2D eigenvalue weighted by atomic mass is 9.92. The standard InChI is InChI=1S/C17H18BFN2O4.C8H10/c19-14-8-4-7-13(9-14)15(10-16(22)20-11-18(24)25)21-17(23)12-5-2-1-3-6-12;1-7-3-5-8(2)6-4-7/h1-9,15,24-25H,10-11H2,(H,20,22)(H,21,23);3-6H,1-2H3. The van der Waals surface area contributed by atoms with Crippen molar-refractivity contribution in [3.8, 4) is 0 Å². The predicted octanol–water partition coefficient (Wildman–Crippen LogP) is 3.12. The van der Waals surface area contributed by atoms with Crippen LogP contribution in [0.2, 0.25) is 0 Å². The monoisotopic (exact) mass is 450 g/mol. The van der Waals surface area contributed by atoms with Crippen molar-refractivity contribution in [2.45, 2.75) is 26.3 Å². The molecule has 4 N–H and O–H groups in total. The van der Waals surface area contributed by atoms with E-state index in [2.05, 4.69) is 48.7 Å². The first-order chi connectivity index (χ1) is 15.7. The van der Waals surface area contributed by atoms with Crippen molar-refractivity contribution in [2.75, 3.05) is 6.44 Å². The molecular weight excluding hydrogens is 422 g/mol. The number of carbonyl (C=O) groups is 2. The topological polar surface area (TPSA) is 98.7 Å². The molecule has 2 amide bonds. The van der Waals surface area contributed by atoms with Gasteiger partial charge in [0.2, 0.25) is 5.91 Å². The summed E-state index contributed by atoms with van der Waals surface area (Å²) < 4.78 is 13.5. The van der Waals surface area contributed by atoms with Crippen LogP contribution in [-0.4, -0.2) is 35.4 Å². The van der Waals surface area contributed by atoms with Crippen LogP contribution in [0.3, 0.4) is 0 Å². The second-order valence-corrected chi connectivity index (χ2v) is 7.59. The Balaban J connectivity index is 0.000000405. The van der Waals surface area contributed by atoms with Crippen LogP contribution in [0.25, 0.3) is 0 Å². The second-order valence-electron chi connectivity index (χ2n) is 7.59. The van der Waals surface area contributed by atoms with Gasteiger partial charge in [-0.3, -0.25) is 9.59 Å². The van der Waals surface area contributed by atoms with Crippen LogP contribution in [0.5, 0.6) is 0 Å². The Morgan fingerprint density at radius 2 is 1.52 bits per heavy atom. The van der Waals surface area contributed by atoms with Crippen molar-refractivity contribution < 1.29 is 24.0 Å². The Morgan fingerprint density at radius 1 is 0.909 bits per heavy atom. The lowest BCUT2D eigenvalue weighted by Gasteiger charge is -2.19. The lowest BCUT2D eigenvalue weighted by Crippen LogP contribution is -2.38. The quantitative estimate of drug-likeness (QED) is 0.416. The number of nitrogens with one attached hydrogen (secondary N) is 2. The van der Waals surface area contributed by atoms with Gasteiger partial charge >= 0.3 is 7.12 Å². The zero-order valence-corrected chi connectivity index (χ0v) is 18.7. The van der Waals surface area contributed by atoms with Crippen LogP contribution in [0.4, 0.5) is 4.39 Å². The van der Waals surface area contributed by atoms with Crippen molar-refractivity contribution in [3.05, 3.63) is 107 Å². The minimum Gasteiger partial charge on any atom is -0.426 e. The van der Waals surface area contributed by atoms with E-state index in [4.69, 9.17) is 10.0 Å². The Morgan fingerprint density at radius 3 is 2.06 bits per heavy atom. The molecule has 0 aliphatic heterocycles. The number of rotatable bonds is 7. The van der Waals surface area contributed by atoms with Crippen molar-refractivity contribution in [2.24, 2.45) is 0 Å². The van der Waals surface area contributed by atoms with Gasteiger partial charge < -0.3 is 20.7 Å². The average Bonchev–Trinajstić information content (AvgIpc) is 2.80. The van der Waals surface area contributed by atoms with Crippen LogP contribution in [0.1, 0.15) is 39.5 Å². The molecule has 0 radical (unpaired) electrons. The summed E-state index contributed by atoms with van der Waals surface area (Å²) in [5.74, 6) is -1.39. The molecular formula is C25H28BFN2O4. The second kappa shape index (κ2) is 13.2. The van der Waals surface area contributed by atoms with E-state index in [1.165, 1.54) is 29.3 Å². The van der Waals surface area contributed by atoms with Crippen LogP contribution >= 0.6 is 0 Å². The number of aryl methyl sites for hydroxylation is 2. The highest BCUT2D eigenvalue weighted by Crippen LogP contribution is 2.19. The van der Waals surface area contributed by atoms with Gasteiger partial charge in [0.25, 0.3) is 5.91 Å². The maximum absolute atomic E-state index is 13.5. The summed E-state index contributed by atoms with van der Waals surface area (Å²) in [5, 5.41) is 22.6. The third-order valence-electron chi connectivity index (χ3n) is 4.68. The molecule has 0 fully saturated rings. The highest BCUT2D eigenvalue weighted by Gasteiger charge is 2.20. The van der Waals surface area contributed by atoms with Crippen molar-refractivity contribution >= 4 is 18.9 Å². The van der Waals surface area contributed by atoms with E-state index in [1.807, 2.05) is 0 Å². The van der Waals surface area contributed by atoms with E-state index in [0.717, 1.165) is 0 Å². The Hall–Kier alpha value is -3.49. The fourth-order valence-electron chi connectivity index (χ4n) is 2.91. The van der Waals surface area contributed by atoms with Gasteiger partial charge in [0.15, 0.2) is 0 Å². The van der Waals surface area contributed by atoms with Gasteiger partial charge in [-0.1, -0.05) is 65.7 Å². The summed E-state index contributed by atoms with van der Waals surface area (Å²) in [6.45, 7) is 4.19. The number of carbonyl (C=O) groups excluding carboxylic acids is 2. The molecule has 3 aromatic carbocycles. The number of halogens is 1. The Kier molecular flexibility index (Phi) is 10.3. The first-order valence-electron chi connectivity index (χ1n) is 10.5. The third-order valence-corrected chi connectivity index (χ3v) is 4.68. The number of amides is 2. The fourth-order valence-corrected chi connectivity index (χ4v) is 2.91. The van der Waals surface area contributed by atoms with Crippen LogP contribution in [0.15, 0.2) is 78.9 Å². The van der Waals surface area contributed by atoms with Gasteiger partial charge in [0.05, 0.1) is 18.9 Å². The smallest absolute Gasteiger partial charge is 0.426 e. The molecule has 8 heteroatoms. The molecule has 0 aliphatic rings. The first kappa shape index (κ1) is 25.8. The average molecular weight is 450 g/mol. The van der Waals surface area contributed by atoms with E-state index in [-0.39, 0.29) is 12.9 Å². The van der Waals surface area contributed by atoms with Gasteiger partial charge in [-0.2, -0.15) is 0 Å². The fraction of sp³-hybridized carbons (Fsp3) is 0.200. The maximum Gasteiger partial charge on any atom is 0.472 e. The Labute approximate surface area is 193 Å². The molecule has 0 saturated heterocycles. The van der Waals surface area contributed by atoms with E-state index < -0.39 is 30.8 Å². The van der Waals surface area contributed by atoms with E-state index in [1.54, 1.807) is 36.4 Å². The predicted molar refractivity (Wildman–Crippen MR) is 127 cm³/mol. The molecule has 172 valence electrons. The van der Waals surface area contributed by atoms with Crippen LogP contribution in [0, 0.1) is 19.7 Å². The Bertz CT molecular complexity index is 1010. The zero-order valence-electron chi connectivity index (χ0n) is 18.7. The zero-order chi connectivity index (χ0) is 24.2. The molecule has 6 nitrogen and oxygen atoms in total. The molecule has 1 unspecified atom stereocenters. The van der Waals surface area contributed by atoms with Crippen molar-refractivity contribution in [1.29, 1.82) is 0 Å². The molecule has 33 heavy (non-hydrogen) atoms. The molecule has 1 atom stereocenters. The number of hydrogen-bond donors (Lipinski definition) is 4. The molecule has 3 aromatic rings. The van der Waals surface area contributed by atoms with Gasteiger partial charge in [-0.25, -0.2) is 4.39 Å². The third kappa shape index (κ3) is 9.68. The maximum atomic E-state index is 13.5. The lowest BCUT2D eigenvalue weighted by molar-refractivity contribution is -0.121. The molecule has 0 saturated carbocycles. The minimum atomic E-state index is -1.67. The SMILES string of the molecule is Cc1ccc(C)cc1.O=C(CC(NC(=O)c1ccccc1)c1cccc(F)c1)NCB(O)O. The summed E-state index contributed by atoms with van der Waals surface area (Å²) in [5.41, 5.74) is 3.50. The van der Waals surface area contributed by atoms with E-state index in [0.29, 0.717) is 11.1 Å². The summed E-state index contributed by atoms with van der Waals surface area (Å²) in [6, 6.07) is 21.8. The molecule has 0 aromatic heterocycles. The number of benzene rings is 3. The summed E-state index contributed by atoms with van der Waals surface area (Å²) in [6.07, 6.45) is -0.504. The first-order valence-corrected chi connectivity index (χ1v) is 10.5. The highest BCUT2D eigenvalue weighted by molar-refractivity contribution is 6.41. The highest BCUT2D eigenvalue weighted by atomic mass is 19.1. The van der Waals surface area contributed by atoms with Crippen molar-refractivity contribution in [1.82, 2.24) is 10.6 Å². The minimum absolute atomic E-state index is 0.172. The van der Waals surface area contributed by atoms with Gasteiger partial charge in [0.1, 0.15) is 5.82 Å². The van der Waals surface area contributed by atoms with E-state index in [9.17, 15) is 14.0 Å². The summed E-state index contributed by atoms with van der Waals surface area (Å²) in [7, 11) is -1.67. The normalized spacial score (nSPS) is 10.9. The molecule has 0 spiro atoms. The van der Waals surface area contributed by atoms with Crippen molar-refractivity contribution in [3.63, 3.8) is 0 Å². The van der Waals surface area contributed by atoms with Gasteiger partial charge in [-0.15, -0.1) is 0 Å². The molecule has 0 heterocycles. The van der Waals surface area contributed by atoms with Gasteiger partial charge in [0, 0.05) is 5.56 Å². The number of hydrogen-bond acceptors (Lipinski definition) is 4. The van der Waals surface area contributed by atoms with Gasteiger partial charge in [-0.05, 0) is 43.7 Å². The summed E-state index contributed by atoms with van der Waals surface area (Å²) in [4.78, 5) is 24.3. The van der Waals surface area contributed by atoms with Crippen LogP contribution in [-0.2, 0) is 4.79 Å².